The standard InChI is InChI=1S/C10H15FN2O3S/c1-6(2)8(4-14)12-10(11)9-3-7(5-17-9)13(15)16/h3,5-6,8,10,12,14H,4H2,1-2H3/t8-,10?/m0/s1. The maximum absolute atomic E-state index is 13.8. The van der Waals surface area contributed by atoms with Crippen LogP contribution in [0.25, 0.3) is 0 Å². The first kappa shape index (κ1) is 14.0. The van der Waals surface area contributed by atoms with Crippen molar-refractivity contribution in [1.29, 1.82) is 0 Å². The SMILES string of the molecule is CC(C)[C@H](CO)NC(F)c1cc([N+](=O)[O-])cs1. The van der Waals surface area contributed by atoms with E-state index in [2.05, 4.69) is 5.32 Å². The van der Waals surface area contributed by atoms with Gasteiger partial charge in [-0.05, 0) is 5.92 Å². The summed E-state index contributed by atoms with van der Waals surface area (Å²) in [4.78, 5) is 10.1. The highest BCUT2D eigenvalue weighted by atomic mass is 32.1. The van der Waals surface area contributed by atoms with Crippen LogP contribution in [0.1, 0.15) is 25.0 Å². The van der Waals surface area contributed by atoms with Gasteiger partial charge in [-0.25, -0.2) is 4.39 Å². The second-order valence-corrected chi connectivity index (χ2v) is 4.97. The quantitative estimate of drug-likeness (QED) is 0.468. The van der Waals surface area contributed by atoms with Gasteiger partial charge in [0.1, 0.15) is 0 Å². The van der Waals surface area contributed by atoms with E-state index < -0.39 is 11.2 Å². The summed E-state index contributed by atoms with van der Waals surface area (Å²) in [6.07, 6.45) is -1.49. The van der Waals surface area contributed by atoms with Crippen LogP contribution in [-0.4, -0.2) is 22.7 Å². The van der Waals surface area contributed by atoms with Gasteiger partial charge in [-0.15, -0.1) is 11.3 Å². The van der Waals surface area contributed by atoms with E-state index in [9.17, 15) is 14.5 Å². The molecule has 96 valence electrons. The Morgan fingerprint density at radius 2 is 2.29 bits per heavy atom. The van der Waals surface area contributed by atoms with Gasteiger partial charge in [0.15, 0.2) is 6.30 Å². The molecule has 0 aromatic carbocycles. The number of nitro groups is 1. The maximum atomic E-state index is 13.8. The van der Waals surface area contributed by atoms with E-state index >= 15 is 0 Å². The zero-order chi connectivity index (χ0) is 13.0. The lowest BCUT2D eigenvalue weighted by atomic mass is 10.1. The highest BCUT2D eigenvalue weighted by Crippen LogP contribution is 2.28. The number of rotatable bonds is 6. The second kappa shape index (κ2) is 6.04. The summed E-state index contributed by atoms with van der Waals surface area (Å²) in [6.45, 7) is 3.54. The zero-order valence-corrected chi connectivity index (χ0v) is 10.4. The number of halogens is 1. The molecule has 0 saturated carbocycles. The minimum absolute atomic E-state index is 0.0770. The molecule has 0 spiro atoms. The molecule has 17 heavy (non-hydrogen) atoms. The molecule has 7 heteroatoms. The predicted molar refractivity (Wildman–Crippen MR) is 63.7 cm³/mol. The molecule has 0 aliphatic rings. The normalized spacial score (nSPS) is 14.9. The molecule has 1 rings (SSSR count). The van der Waals surface area contributed by atoms with Crippen LogP contribution in [0.5, 0.6) is 0 Å². The summed E-state index contributed by atoms with van der Waals surface area (Å²) in [6, 6.07) is 0.836. The van der Waals surface area contributed by atoms with Crippen molar-refractivity contribution in [2.24, 2.45) is 5.92 Å². The minimum Gasteiger partial charge on any atom is -0.395 e. The summed E-state index contributed by atoms with van der Waals surface area (Å²) in [5.41, 5.74) is -0.112. The molecule has 1 aromatic heterocycles. The molecule has 0 radical (unpaired) electrons. The van der Waals surface area contributed by atoms with Crippen LogP contribution in [0.3, 0.4) is 0 Å². The molecule has 0 saturated heterocycles. The Balaban J connectivity index is 2.68. The van der Waals surface area contributed by atoms with E-state index in [4.69, 9.17) is 5.11 Å². The lowest BCUT2D eigenvalue weighted by Crippen LogP contribution is -2.37. The molecule has 0 bridgehead atoms. The minimum atomic E-state index is -1.49. The van der Waals surface area contributed by atoms with Gasteiger partial charge in [0.25, 0.3) is 5.69 Å². The summed E-state index contributed by atoms with van der Waals surface area (Å²) in [5.74, 6) is 0.0770. The van der Waals surface area contributed by atoms with Crippen molar-refractivity contribution in [2.75, 3.05) is 6.61 Å². The lowest BCUT2D eigenvalue weighted by molar-refractivity contribution is -0.384. The van der Waals surface area contributed by atoms with Gasteiger partial charge in [0, 0.05) is 12.1 Å². The van der Waals surface area contributed by atoms with E-state index in [1.165, 1.54) is 11.4 Å². The van der Waals surface area contributed by atoms with Crippen molar-refractivity contribution in [3.63, 3.8) is 0 Å². The maximum Gasteiger partial charge on any atom is 0.280 e. The smallest absolute Gasteiger partial charge is 0.280 e. The van der Waals surface area contributed by atoms with E-state index in [0.29, 0.717) is 0 Å². The number of nitrogens with zero attached hydrogens (tertiary/aromatic N) is 1. The van der Waals surface area contributed by atoms with Gasteiger partial charge in [-0.2, -0.15) is 0 Å². The molecule has 1 aromatic rings. The van der Waals surface area contributed by atoms with Crippen molar-refractivity contribution in [3.8, 4) is 0 Å². The van der Waals surface area contributed by atoms with Crippen LogP contribution in [0.15, 0.2) is 11.4 Å². The Labute approximate surface area is 102 Å². The molecule has 2 N–H and O–H groups in total. The van der Waals surface area contributed by atoms with E-state index in [-0.39, 0.29) is 29.1 Å². The van der Waals surface area contributed by atoms with Crippen molar-refractivity contribution >= 4 is 17.0 Å². The first-order valence-electron chi connectivity index (χ1n) is 5.19. The number of aliphatic hydroxyl groups is 1. The van der Waals surface area contributed by atoms with Crippen molar-refractivity contribution < 1.29 is 14.4 Å². The van der Waals surface area contributed by atoms with Gasteiger partial charge in [-0.1, -0.05) is 13.8 Å². The Bertz CT molecular complexity index is 383. The molecular formula is C10H15FN2O3S. The van der Waals surface area contributed by atoms with Crippen LogP contribution < -0.4 is 5.32 Å². The van der Waals surface area contributed by atoms with E-state index in [1.54, 1.807) is 0 Å². The molecule has 5 nitrogen and oxygen atoms in total. The van der Waals surface area contributed by atoms with E-state index in [1.807, 2.05) is 13.8 Å². The second-order valence-electron chi connectivity index (χ2n) is 4.03. The number of aliphatic hydroxyl groups excluding tert-OH is 1. The predicted octanol–water partition coefficient (Wildman–Crippen LogP) is 2.23. The number of nitrogens with one attached hydrogen (secondary N) is 1. The van der Waals surface area contributed by atoms with Gasteiger partial charge < -0.3 is 5.11 Å². The number of alkyl halides is 1. The third kappa shape index (κ3) is 3.72. The van der Waals surface area contributed by atoms with Gasteiger partial charge in [0.05, 0.1) is 21.8 Å². The fourth-order valence-electron chi connectivity index (χ4n) is 1.30. The fraction of sp³-hybridized carbons (Fsp3) is 0.600. The topological polar surface area (TPSA) is 75.4 Å². The zero-order valence-electron chi connectivity index (χ0n) is 9.59. The molecule has 1 heterocycles. The third-order valence-corrected chi connectivity index (χ3v) is 3.38. The van der Waals surface area contributed by atoms with Crippen LogP contribution in [0.4, 0.5) is 10.1 Å². The molecule has 2 atom stereocenters. The molecule has 0 fully saturated rings. The molecule has 0 aliphatic carbocycles. The summed E-state index contributed by atoms with van der Waals surface area (Å²) in [5, 5.41) is 23.4. The first-order chi connectivity index (χ1) is 7.95. The monoisotopic (exact) mass is 262 g/mol. The molecule has 1 unspecified atom stereocenters. The van der Waals surface area contributed by atoms with Crippen LogP contribution in [-0.2, 0) is 0 Å². The van der Waals surface area contributed by atoms with Crippen molar-refractivity contribution in [1.82, 2.24) is 5.32 Å². The van der Waals surface area contributed by atoms with Gasteiger partial charge >= 0.3 is 0 Å². The molecule has 0 aliphatic heterocycles. The summed E-state index contributed by atoms with van der Waals surface area (Å²) < 4.78 is 13.8. The number of hydrogen-bond acceptors (Lipinski definition) is 5. The van der Waals surface area contributed by atoms with Gasteiger partial charge in [0.2, 0.25) is 0 Å². The van der Waals surface area contributed by atoms with Crippen molar-refractivity contribution in [3.05, 3.63) is 26.4 Å². The third-order valence-electron chi connectivity index (χ3n) is 2.43. The average Bonchev–Trinajstić information content (AvgIpc) is 2.74. The van der Waals surface area contributed by atoms with Gasteiger partial charge in [-0.3, -0.25) is 15.4 Å². The Kier molecular flexibility index (Phi) is 4.98. The average molecular weight is 262 g/mol. The fourth-order valence-corrected chi connectivity index (χ4v) is 2.08. The number of hydrogen-bond donors (Lipinski definition) is 2. The highest BCUT2D eigenvalue weighted by Gasteiger charge is 2.21. The van der Waals surface area contributed by atoms with Crippen LogP contribution in [0, 0.1) is 16.0 Å². The summed E-state index contributed by atoms with van der Waals surface area (Å²) in [7, 11) is 0. The largest absolute Gasteiger partial charge is 0.395 e. The Morgan fingerprint density at radius 3 is 2.71 bits per heavy atom. The summed E-state index contributed by atoms with van der Waals surface area (Å²) >= 11 is 0.989. The van der Waals surface area contributed by atoms with Crippen molar-refractivity contribution in [2.45, 2.75) is 26.2 Å². The molecule has 0 amide bonds. The lowest BCUT2D eigenvalue weighted by Gasteiger charge is -2.21. The Morgan fingerprint density at radius 1 is 1.65 bits per heavy atom. The Hall–Kier alpha value is -1.05. The number of thiophene rings is 1. The van der Waals surface area contributed by atoms with E-state index in [0.717, 1.165) is 11.3 Å². The van der Waals surface area contributed by atoms with Crippen LogP contribution in [0.2, 0.25) is 0 Å². The molecular weight excluding hydrogens is 247 g/mol. The first-order valence-corrected chi connectivity index (χ1v) is 6.07. The highest BCUT2D eigenvalue weighted by molar-refractivity contribution is 7.10. The van der Waals surface area contributed by atoms with Crippen LogP contribution >= 0.6 is 11.3 Å².